The van der Waals surface area contributed by atoms with Gasteiger partial charge in [-0.2, -0.15) is 0 Å². The number of pyridine rings is 1. The predicted molar refractivity (Wildman–Crippen MR) is 139 cm³/mol. The van der Waals surface area contributed by atoms with Crippen LogP contribution in [0.2, 0.25) is 0 Å². The van der Waals surface area contributed by atoms with Gasteiger partial charge in [0.2, 0.25) is 5.88 Å². The number of hydrogen-bond acceptors (Lipinski definition) is 5. The minimum Gasteiger partial charge on any atom is -0.494 e. The first-order valence-corrected chi connectivity index (χ1v) is 10.4. The third-order valence-electron chi connectivity index (χ3n) is 4.65. The van der Waals surface area contributed by atoms with Gasteiger partial charge in [-0.1, -0.05) is 36.4 Å². The largest absolute Gasteiger partial charge is 0.494 e. The number of benzene rings is 2. The zero-order valence-electron chi connectivity index (χ0n) is 18.5. The van der Waals surface area contributed by atoms with Gasteiger partial charge in [0, 0.05) is 39.0 Å². The first-order chi connectivity index (χ1) is 15.3. The van der Waals surface area contributed by atoms with Crippen molar-refractivity contribution in [1.82, 2.24) is 15.6 Å². The van der Waals surface area contributed by atoms with E-state index in [2.05, 4.69) is 44.9 Å². The average molecular weight is 550 g/mol. The highest BCUT2D eigenvalue weighted by molar-refractivity contribution is 14.0. The molecule has 0 fully saturated rings. The summed E-state index contributed by atoms with van der Waals surface area (Å²) < 4.78 is 16.6. The molecule has 2 aromatic carbocycles. The van der Waals surface area contributed by atoms with Crippen molar-refractivity contribution in [3.8, 4) is 11.6 Å². The number of aliphatic imine (C=N–C) groups is 1. The molecule has 0 saturated heterocycles. The predicted octanol–water partition coefficient (Wildman–Crippen LogP) is 4.01. The summed E-state index contributed by atoms with van der Waals surface area (Å²) in [6.07, 6.45) is 2.57. The Hall–Kier alpha value is -2.59. The lowest BCUT2D eigenvalue weighted by atomic mass is 10.1. The van der Waals surface area contributed by atoms with E-state index in [1.54, 1.807) is 20.4 Å². The van der Waals surface area contributed by atoms with E-state index in [0.29, 0.717) is 32.2 Å². The van der Waals surface area contributed by atoms with Crippen LogP contribution in [-0.2, 0) is 11.3 Å². The first-order valence-electron chi connectivity index (χ1n) is 10.4. The summed E-state index contributed by atoms with van der Waals surface area (Å²) in [4.78, 5) is 8.56. The van der Waals surface area contributed by atoms with Crippen LogP contribution in [0.15, 0.2) is 65.8 Å². The molecule has 0 aliphatic rings. The van der Waals surface area contributed by atoms with Gasteiger partial charge in [0.05, 0.1) is 13.2 Å². The van der Waals surface area contributed by atoms with E-state index < -0.39 is 0 Å². The number of nitrogens with one attached hydrogen (secondary N) is 2. The van der Waals surface area contributed by atoms with E-state index >= 15 is 0 Å². The summed E-state index contributed by atoms with van der Waals surface area (Å²) in [6.45, 7) is 2.92. The van der Waals surface area contributed by atoms with Crippen molar-refractivity contribution in [3.63, 3.8) is 0 Å². The number of ether oxygens (including phenoxy) is 3. The van der Waals surface area contributed by atoms with Crippen LogP contribution in [0.25, 0.3) is 10.8 Å². The maximum atomic E-state index is 5.89. The van der Waals surface area contributed by atoms with Gasteiger partial charge in [-0.15, -0.1) is 24.0 Å². The number of methoxy groups -OCH3 is 1. The summed E-state index contributed by atoms with van der Waals surface area (Å²) in [5.41, 5.74) is 0.959. The second-order valence-electron chi connectivity index (χ2n) is 6.87. The Labute approximate surface area is 206 Å². The molecule has 0 aliphatic carbocycles. The number of guanidine groups is 1. The molecule has 0 amide bonds. The molecule has 0 saturated carbocycles. The molecule has 1 aromatic heterocycles. The molecule has 3 rings (SSSR count). The molecule has 8 heteroatoms. The fourth-order valence-electron chi connectivity index (χ4n) is 3.04. The zero-order valence-corrected chi connectivity index (χ0v) is 20.9. The van der Waals surface area contributed by atoms with Gasteiger partial charge in [0.15, 0.2) is 5.96 Å². The molecular weight excluding hydrogens is 519 g/mol. The van der Waals surface area contributed by atoms with E-state index in [9.17, 15) is 0 Å². The van der Waals surface area contributed by atoms with Crippen LogP contribution in [0.5, 0.6) is 11.6 Å². The summed E-state index contributed by atoms with van der Waals surface area (Å²) >= 11 is 0. The van der Waals surface area contributed by atoms with Gasteiger partial charge in [0.25, 0.3) is 0 Å². The summed E-state index contributed by atoms with van der Waals surface area (Å²) in [7, 11) is 3.40. The molecule has 2 N–H and O–H groups in total. The van der Waals surface area contributed by atoms with Crippen molar-refractivity contribution in [2.75, 3.05) is 40.5 Å². The highest BCUT2D eigenvalue weighted by Crippen LogP contribution is 2.20. The minimum atomic E-state index is 0. The quantitative estimate of drug-likeness (QED) is 0.163. The van der Waals surface area contributed by atoms with Crippen LogP contribution in [0.1, 0.15) is 12.0 Å². The fraction of sp³-hybridized carbons (Fsp3) is 0.333. The third kappa shape index (κ3) is 8.16. The van der Waals surface area contributed by atoms with Crippen LogP contribution in [-0.4, -0.2) is 51.5 Å². The standard InChI is InChI=1S/C24H30N4O3.HI/c1-25-24(28-18-21-9-5-12-26-23(21)31-16-15-29-2)27-13-6-14-30-22-11-10-19-7-3-4-8-20(19)17-22;/h3-5,7-12,17H,6,13-16,18H2,1-2H3,(H2,25,27,28);1H. The van der Waals surface area contributed by atoms with Gasteiger partial charge < -0.3 is 24.8 Å². The molecule has 7 nitrogen and oxygen atoms in total. The van der Waals surface area contributed by atoms with Crippen LogP contribution in [0.3, 0.4) is 0 Å². The highest BCUT2D eigenvalue weighted by Gasteiger charge is 2.06. The lowest BCUT2D eigenvalue weighted by Gasteiger charge is -2.14. The van der Waals surface area contributed by atoms with Crippen molar-refractivity contribution >= 4 is 40.7 Å². The smallest absolute Gasteiger partial charge is 0.218 e. The molecule has 0 spiro atoms. The van der Waals surface area contributed by atoms with Crippen LogP contribution in [0, 0.1) is 0 Å². The van der Waals surface area contributed by atoms with Gasteiger partial charge in [-0.05, 0) is 35.4 Å². The van der Waals surface area contributed by atoms with Crippen LogP contribution < -0.4 is 20.1 Å². The monoisotopic (exact) mass is 550 g/mol. The van der Waals surface area contributed by atoms with Gasteiger partial charge in [-0.25, -0.2) is 4.98 Å². The Balaban J connectivity index is 0.00000363. The number of halogens is 1. The Bertz CT molecular complexity index is 984. The molecule has 0 aliphatic heterocycles. The van der Waals surface area contributed by atoms with E-state index in [-0.39, 0.29) is 24.0 Å². The van der Waals surface area contributed by atoms with Gasteiger partial charge in [-0.3, -0.25) is 4.99 Å². The third-order valence-corrected chi connectivity index (χ3v) is 4.65. The molecule has 0 atom stereocenters. The fourth-order valence-corrected chi connectivity index (χ4v) is 3.04. The molecular formula is C24H31IN4O3. The highest BCUT2D eigenvalue weighted by atomic mass is 127. The minimum absolute atomic E-state index is 0. The van der Waals surface area contributed by atoms with Crippen molar-refractivity contribution in [2.45, 2.75) is 13.0 Å². The van der Waals surface area contributed by atoms with E-state index in [0.717, 1.165) is 30.2 Å². The Morgan fingerprint density at radius 3 is 2.59 bits per heavy atom. The maximum Gasteiger partial charge on any atom is 0.218 e. The summed E-state index contributed by atoms with van der Waals surface area (Å²) in [6, 6.07) is 18.3. The summed E-state index contributed by atoms with van der Waals surface area (Å²) in [5, 5.41) is 9.00. The Morgan fingerprint density at radius 2 is 1.78 bits per heavy atom. The second-order valence-corrected chi connectivity index (χ2v) is 6.87. The molecule has 0 bridgehead atoms. The van der Waals surface area contributed by atoms with Crippen molar-refractivity contribution in [2.24, 2.45) is 4.99 Å². The number of aromatic nitrogens is 1. The van der Waals surface area contributed by atoms with Crippen LogP contribution >= 0.6 is 24.0 Å². The van der Waals surface area contributed by atoms with E-state index in [4.69, 9.17) is 14.2 Å². The molecule has 0 unspecified atom stereocenters. The molecule has 1 heterocycles. The van der Waals surface area contributed by atoms with E-state index in [1.807, 2.05) is 30.3 Å². The zero-order chi connectivity index (χ0) is 21.7. The molecule has 172 valence electrons. The average Bonchev–Trinajstić information content (AvgIpc) is 2.81. The van der Waals surface area contributed by atoms with Crippen molar-refractivity contribution in [1.29, 1.82) is 0 Å². The Morgan fingerprint density at radius 1 is 0.938 bits per heavy atom. The maximum absolute atomic E-state index is 5.89. The number of fused-ring (bicyclic) bond motifs is 1. The van der Waals surface area contributed by atoms with Crippen LogP contribution in [0.4, 0.5) is 0 Å². The van der Waals surface area contributed by atoms with Gasteiger partial charge >= 0.3 is 0 Å². The molecule has 3 aromatic rings. The SMILES string of the molecule is CN=C(NCCCOc1ccc2ccccc2c1)NCc1cccnc1OCCOC.I. The molecule has 32 heavy (non-hydrogen) atoms. The van der Waals surface area contributed by atoms with Gasteiger partial charge in [0.1, 0.15) is 12.4 Å². The topological polar surface area (TPSA) is 77.0 Å². The molecule has 0 radical (unpaired) electrons. The Kier molecular flexibility index (Phi) is 11.6. The first kappa shape index (κ1) is 25.7. The summed E-state index contributed by atoms with van der Waals surface area (Å²) in [5.74, 6) is 2.21. The number of nitrogens with zero attached hydrogens (tertiary/aromatic N) is 2. The van der Waals surface area contributed by atoms with E-state index in [1.165, 1.54) is 10.8 Å². The normalized spacial score (nSPS) is 11.0. The van der Waals surface area contributed by atoms with Crippen molar-refractivity contribution in [3.05, 3.63) is 66.4 Å². The lowest BCUT2D eigenvalue weighted by molar-refractivity contribution is 0.143. The number of rotatable bonds is 11. The second kappa shape index (κ2) is 14.5. The lowest BCUT2D eigenvalue weighted by Crippen LogP contribution is -2.37. The van der Waals surface area contributed by atoms with Crippen molar-refractivity contribution < 1.29 is 14.2 Å². The number of hydrogen-bond donors (Lipinski definition) is 2.